The molecule has 2 aromatic rings. The molecular weight excluding hydrogens is 377 g/mol. The van der Waals surface area contributed by atoms with E-state index < -0.39 is 0 Å². The highest BCUT2D eigenvalue weighted by molar-refractivity contribution is 14.1. The number of rotatable bonds is 5. The van der Waals surface area contributed by atoms with Gasteiger partial charge in [-0.2, -0.15) is 0 Å². The number of hydrogen-bond acceptors (Lipinski definition) is 3. The summed E-state index contributed by atoms with van der Waals surface area (Å²) in [7, 11) is 1.68. The molecule has 1 aromatic carbocycles. The minimum atomic E-state index is 0.175. The fraction of sp³-hybridized carbons (Fsp3) is 0.308. The maximum atomic E-state index is 6.28. The Morgan fingerprint density at radius 2 is 2.32 bits per heavy atom. The molecule has 0 bridgehead atoms. The second kappa shape index (κ2) is 6.58. The van der Waals surface area contributed by atoms with Crippen molar-refractivity contribution < 1.29 is 4.74 Å². The molecule has 1 atom stereocenters. The first-order valence-corrected chi connectivity index (χ1v) is 7.31. The van der Waals surface area contributed by atoms with Gasteiger partial charge >= 0.3 is 0 Å². The summed E-state index contributed by atoms with van der Waals surface area (Å²) in [5, 5.41) is 4.00. The van der Waals surface area contributed by atoms with Crippen molar-refractivity contribution in [2.45, 2.75) is 13.0 Å². The van der Waals surface area contributed by atoms with Crippen LogP contribution in [-0.4, -0.2) is 29.3 Å². The van der Waals surface area contributed by atoms with E-state index in [2.05, 4.69) is 32.9 Å². The zero-order valence-corrected chi connectivity index (χ0v) is 13.6. The van der Waals surface area contributed by atoms with E-state index in [1.54, 1.807) is 13.3 Å². The van der Waals surface area contributed by atoms with E-state index >= 15 is 0 Å². The van der Waals surface area contributed by atoms with Crippen molar-refractivity contribution in [3.05, 3.63) is 39.2 Å². The number of halogens is 2. The van der Waals surface area contributed by atoms with Crippen LogP contribution in [0.25, 0.3) is 5.69 Å². The molecule has 0 amide bonds. The molecule has 0 aliphatic heterocycles. The largest absolute Gasteiger partial charge is 0.383 e. The van der Waals surface area contributed by atoms with E-state index in [9.17, 15) is 0 Å². The van der Waals surface area contributed by atoms with Crippen molar-refractivity contribution in [1.82, 2.24) is 9.55 Å². The predicted molar refractivity (Wildman–Crippen MR) is 86.3 cm³/mol. The Morgan fingerprint density at radius 1 is 1.53 bits per heavy atom. The third-order valence-corrected chi connectivity index (χ3v) is 3.58. The van der Waals surface area contributed by atoms with Crippen LogP contribution < -0.4 is 5.32 Å². The van der Waals surface area contributed by atoms with Crippen LogP contribution in [0.1, 0.15) is 6.92 Å². The highest BCUT2D eigenvalue weighted by atomic mass is 127. The molecule has 0 aliphatic carbocycles. The summed E-state index contributed by atoms with van der Waals surface area (Å²) in [6, 6.07) is 6.11. The Kier molecular flexibility index (Phi) is 5.06. The molecule has 1 heterocycles. The van der Waals surface area contributed by atoms with Crippen molar-refractivity contribution in [2.75, 3.05) is 19.0 Å². The number of benzene rings is 1. The van der Waals surface area contributed by atoms with E-state index in [0.717, 1.165) is 15.2 Å². The number of imidazole rings is 1. The van der Waals surface area contributed by atoms with Gasteiger partial charge in [-0.15, -0.1) is 0 Å². The van der Waals surface area contributed by atoms with Gasteiger partial charge in [0.15, 0.2) is 0 Å². The van der Waals surface area contributed by atoms with Gasteiger partial charge < -0.3 is 10.1 Å². The molecule has 4 nitrogen and oxygen atoms in total. The van der Waals surface area contributed by atoms with Crippen molar-refractivity contribution in [2.24, 2.45) is 0 Å². The molecule has 0 fully saturated rings. The third kappa shape index (κ3) is 3.61. The molecule has 19 heavy (non-hydrogen) atoms. The van der Waals surface area contributed by atoms with E-state index in [1.807, 2.05) is 35.9 Å². The van der Waals surface area contributed by atoms with Crippen LogP contribution in [-0.2, 0) is 4.74 Å². The van der Waals surface area contributed by atoms with E-state index in [-0.39, 0.29) is 6.04 Å². The quantitative estimate of drug-likeness (QED) is 0.792. The molecular formula is C13H15ClIN3O. The first-order chi connectivity index (χ1) is 9.11. The average molecular weight is 392 g/mol. The Hall–Kier alpha value is -0.790. The Labute approximate surface area is 131 Å². The van der Waals surface area contributed by atoms with Crippen LogP contribution in [0.4, 0.5) is 5.95 Å². The molecule has 0 saturated carbocycles. The molecule has 0 saturated heterocycles. The maximum Gasteiger partial charge on any atom is 0.207 e. The zero-order chi connectivity index (χ0) is 13.8. The molecule has 1 unspecified atom stereocenters. The van der Waals surface area contributed by atoms with Gasteiger partial charge in [0.2, 0.25) is 5.95 Å². The second-order valence-corrected chi connectivity index (χ2v) is 5.87. The lowest BCUT2D eigenvalue weighted by molar-refractivity contribution is 0.190. The number of hydrogen-bond donors (Lipinski definition) is 1. The zero-order valence-electron chi connectivity index (χ0n) is 10.7. The standard InChI is InChI=1S/C13H15ClIN3O/c1-9(8-19-2)17-13-16-5-6-18(13)12-4-3-10(15)7-11(12)14/h3-7,9H,8H2,1-2H3,(H,16,17). The second-order valence-electron chi connectivity index (χ2n) is 4.22. The highest BCUT2D eigenvalue weighted by Crippen LogP contribution is 2.25. The van der Waals surface area contributed by atoms with Crippen LogP contribution in [0.5, 0.6) is 0 Å². The highest BCUT2D eigenvalue weighted by Gasteiger charge is 2.11. The molecule has 0 aliphatic rings. The van der Waals surface area contributed by atoms with Gasteiger partial charge in [-0.05, 0) is 47.7 Å². The Balaban J connectivity index is 2.28. The molecule has 0 radical (unpaired) electrons. The fourth-order valence-electron chi connectivity index (χ4n) is 1.79. The summed E-state index contributed by atoms with van der Waals surface area (Å²) in [5.41, 5.74) is 0.909. The molecule has 1 aromatic heterocycles. The summed E-state index contributed by atoms with van der Waals surface area (Å²) >= 11 is 8.52. The van der Waals surface area contributed by atoms with Gasteiger partial charge in [-0.3, -0.25) is 4.57 Å². The lowest BCUT2D eigenvalue weighted by Gasteiger charge is -2.16. The van der Waals surface area contributed by atoms with Gasteiger partial charge in [0.05, 0.1) is 17.3 Å². The first-order valence-electron chi connectivity index (χ1n) is 5.86. The number of ether oxygens (including phenoxy) is 1. The first kappa shape index (κ1) is 14.6. The van der Waals surface area contributed by atoms with Gasteiger partial charge in [0.25, 0.3) is 0 Å². The van der Waals surface area contributed by atoms with Crippen molar-refractivity contribution in [1.29, 1.82) is 0 Å². The average Bonchev–Trinajstić information content (AvgIpc) is 2.77. The number of nitrogens with one attached hydrogen (secondary N) is 1. The number of methoxy groups -OCH3 is 1. The summed E-state index contributed by atoms with van der Waals surface area (Å²) in [6.45, 7) is 2.66. The smallest absolute Gasteiger partial charge is 0.207 e. The van der Waals surface area contributed by atoms with Gasteiger partial charge in [0.1, 0.15) is 0 Å². The van der Waals surface area contributed by atoms with Crippen LogP contribution in [0.15, 0.2) is 30.6 Å². The molecule has 0 spiro atoms. The van der Waals surface area contributed by atoms with Gasteiger partial charge in [0, 0.05) is 29.1 Å². The Bertz CT molecular complexity index is 559. The van der Waals surface area contributed by atoms with Gasteiger partial charge in [-0.25, -0.2) is 4.98 Å². The minimum absolute atomic E-state index is 0.175. The van der Waals surface area contributed by atoms with Crippen molar-refractivity contribution >= 4 is 40.1 Å². The van der Waals surface area contributed by atoms with E-state index in [0.29, 0.717) is 11.6 Å². The normalized spacial score (nSPS) is 12.4. The van der Waals surface area contributed by atoms with Crippen molar-refractivity contribution in [3.8, 4) is 5.69 Å². The number of aromatic nitrogens is 2. The topological polar surface area (TPSA) is 39.1 Å². The summed E-state index contributed by atoms with van der Waals surface area (Å²) in [4.78, 5) is 4.31. The summed E-state index contributed by atoms with van der Waals surface area (Å²) in [6.07, 6.45) is 3.63. The number of anilines is 1. The summed E-state index contributed by atoms with van der Waals surface area (Å²) < 4.78 is 8.15. The molecule has 6 heteroatoms. The van der Waals surface area contributed by atoms with E-state index in [1.165, 1.54) is 0 Å². The maximum absolute atomic E-state index is 6.28. The lowest BCUT2D eigenvalue weighted by atomic mass is 10.3. The predicted octanol–water partition coefficient (Wildman–Crippen LogP) is 3.58. The number of nitrogens with zero attached hydrogens (tertiary/aromatic N) is 2. The lowest BCUT2D eigenvalue weighted by Crippen LogP contribution is -2.22. The van der Waals surface area contributed by atoms with Crippen LogP contribution in [0, 0.1) is 3.57 Å². The minimum Gasteiger partial charge on any atom is -0.383 e. The molecule has 102 valence electrons. The summed E-state index contributed by atoms with van der Waals surface area (Å²) in [5.74, 6) is 0.757. The van der Waals surface area contributed by atoms with Crippen LogP contribution in [0.3, 0.4) is 0 Å². The molecule has 2 rings (SSSR count). The SMILES string of the molecule is COCC(C)Nc1nccn1-c1ccc(I)cc1Cl. The monoisotopic (exact) mass is 391 g/mol. The Morgan fingerprint density at radius 3 is 3.00 bits per heavy atom. The molecule has 1 N–H and O–H groups in total. The van der Waals surface area contributed by atoms with Crippen molar-refractivity contribution in [3.63, 3.8) is 0 Å². The van der Waals surface area contributed by atoms with Crippen LogP contribution >= 0.6 is 34.2 Å². The van der Waals surface area contributed by atoms with Gasteiger partial charge in [-0.1, -0.05) is 11.6 Å². The van der Waals surface area contributed by atoms with E-state index in [4.69, 9.17) is 16.3 Å². The van der Waals surface area contributed by atoms with Crippen LogP contribution in [0.2, 0.25) is 5.02 Å². The fourth-order valence-corrected chi connectivity index (χ4v) is 2.74. The third-order valence-electron chi connectivity index (χ3n) is 2.60.